The molecule has 1 spiro atoms. The van der Waals surface area contributed by atoms with Gasteiger partial charge in [0.1, 0.15) is 12.2 Å². The highest BCUT2D eigenvalue weighted by Gasteiger charge is 2.49. The fourth-order valence-electron chi connectivity index (χ4n) is 3.94. The molecule has 5 heteroatoms. The van der Waals surface area contributed by atoms with Crippen molar-refractivity contribution in [3.05, 3.63) is 12.2 Å². The second-order valence-corrected chi connectivity index (χ2v) is 7.66. The lowest BCUT2D eigenvalue weighted by atomic mass is 9.80. The first kappa shape index (κ1) is 18.6. The van der Waals surface area contributed by atoms with Gasteiger partial charge in [0.25, 0.3) is 0 Å². The van der Waals surface area contributed by atoms with Gasteiger partial charge >= 0.3 is 0 Å². The van der Waals surface area contributed by atoms with Gasteiger partial charge in [-0.3, -0.25) is 4.79 Å². The van der Waals surface area contributed by atoms with Crippen molar-refractivity contribution in [3.8, 4) is 0 Å². The Morgan fingerprint density at radius 2 is 1.48 bits per heavy atom. The summed E-state index contributed by atoms with van der Waals surface area (Å²) in [5, 5.41) is 20.4. The highest BCUT2D eigenvalue weighted by molar-refractivity contribution is 5.80. The Hall–Kier alpha value is -0.750. The van der Waals surface area contributed by atoms with Gasteiger partial charge in [-0.15, -0.1) is 0 Å². The first-order valence-electron chi connectivity index (χ1n) is 8.51. The maximum Gasteiger partial charge on any atom is 0.169 e. The van der Waals surface area contributed by atoms with Crippen molar-refractivity contribution in [2.45, 2.75) is 83.6 Å². The van der Waals surface area contributed by atoms with Crippen LogP contribution < -0.4 is 0 Å². The number of Topliss-reactive ketones (excluding diaryl/α,β-unsaturated/α-hetero) is 1. The van der Waals surface area contributed by atoms with Crippen LogP contribution in [0, 0.1) is 11.8 Å². The van der Waals surface area contributed by atoms with E-state index in [1.165, 1.54) is 6.92 Å². The highest BCUT2D eigenvalue weighted by atomic mass is 16.7. The minimum Gasteiger partial charge on any atom is -0.386 e. The van der Waals surface area contributed by atoms with E-state index in [1.54, 1.807) is 6.92 Å². The SMILES string of the molecule is C=C(C)[C@@H](O)[C@@H]1C[C@H](C)C[C@]2(C[C@H](C)C[C@@H](C(O)C(C)=O)O2)O1. The van der Waals surface area contributed by atoms with Crippen molar-refractivity contribution in [3.63, 3.8) is 0 Å². The van der Waals surface area contributed by atoms with Gasteiger partial charge in [-0.1, -0.05) is 20.4 Å². The van der Waals surface area contributed by atoms with Gasteiger partial charge in [0, 0.05) is 12.8 Å². The minimum atomic E-state index is -1.13. The maximum absolute atomic E-state index is 11.5. The molecule has 0 aromatic rings. The zero-order chi connectivity index (χ0) is 17.4. The van der Waals surface area contributed by atoms with Gasteiger partial charge < -0.3 is 19.7 Å². The van der Waals surface area contributed by atoms with E-state index in [-0.39, 0.29) is 17.8 Å². The molecule has 0 saturated carbocycles. The summed E-state index contributed by atoms with van der Waals surface area (Å²) in [5.41, 5.74) is 0.670. The molecule has 0 bridgehead atoms. The van der Waals surface area contributed by atoms with Crippen LogP contribution in [0.3, 0.4) is 0 Å². The summed E-state index contributed by atoms with van der Waals surface area (Å²) < 4.78 is 12.3. The first-order chi connectivity index (χ1) is 10.6. The van der Waals surface area contributed by atoms with E-state index in [4.69, 9.17) is 9.47 Å². The number of carbonyl (C=O) groups is 1. The molecule has 2 heterocycles. The summed E-state index contributed by atoms with van der Waals surface area (Å²) >= 11 is 0. The topological polar surface area (TPSA) is 76.0 Å². The minimum absolute atomic E-state index is 0.274. The number of ketones is 1. The summed E-state index contributed by atoms with van der Waals surface area (Å²) in [7, 11) is 0. The Bertz CT molecular complexity index is 418. The summed E-state index contributed by atoms with van der Waals surface area (Å²) in [6, 6.07) is 0. The lowest BCUT2D eigenvalue weighted by Gasteiger charge is -2.50. The zero-order valence-corrected chi connectivity index (χ0v) is 14.6. The van der Waals surface area contributed by atoms with Crippen LogP contribution in [0.5, 0.6) is 0 Å². The molecule has 1 unspecified atom stereocenters. The summed E-state index contributed by atoms with van der Waals surface area (Å²) in [5.74, 6) is -0.530. The molecule has 0 aromatic carbocycles. The number of ether oxygens (including phenoxy) is 2. The van der Waals surface area contributed by atoms with Crippen LogP contribution in [0.25, 0.3) is 0 Å². The monoisotopic (exact) mass is 326 g/mol. The van der Waals surface area contributed by atoms with Gasteiger partial charge in [-0.25, -0.2) is 0 Å². The lowest BCUT2D eigenvalue weighted by molar-refractivity contribution is -0.342. The molecule has 2 saturated heterocycles. The van der Waals surface area contributed by atoms with Crippen LogP contribution in [0.1, 0.15) is 53.4 Å². The molecule has 0 amide bonds. The van der Waals surface area contributed by atoms with Crippen LogP contribution >= 0.6 is 0 Å². The van der Waals surface area contributed by atoms with Crippen LogP contribution in [-0.2, 0) is 14.3 Å². The predicted molar refractivity (Wildman–Crippen MR) is 86.8 cm³/mol. The Labute approximate surface area is 138 Å². The van der Waals surface area contributed by atoms with Crippen molar-refractivity contribution in [1.29, 1.82) is 0 Å². The molecule has 2 N–H and O–H groups in total. The Morgan fingerprint density at radius 1 is 1.04 bits per heavy atom. The fraction of sp³-hybridized carbons (Fsp3) is 0.833. The Morgan fingerprint density at radius 3 is 1.87 bits per heavy atom. The normalized spacial score (nSPS) is 40.6. The maximum atomic E-state index is 11.5. The van der Waals surface area contributed by atoms with Crippen molar-refractivity contribution in [2.75, 3.05) is 0 Å². The molecular formula is C18H30O5. The molecule has 2 aliphatic heterocycles. The van der Waals surface area contributed by atoms with Crippen molar-refractivity contribution >= 4 is 5.78 Å². The fourth-order valence-corrected chi connectivity index (χ4v) is 3.94. The number of aliphatic hydroxyl groups is 2. The van der Waals surface area contributed by atoms with Gasteiger partial charge in [0.2, 0.25) is 0 Å². The predicted octanol–water partition coefficient (Wildman–Crippen LogP) is 2.20. The number of hydrogen-bond donors (Lipinski definition) is 2. The molecule has 0 radical (unpaired) electrons. The van der Waals surface area contributed by atoms with Gasteiger partial charge in [-0.2, -0.15) is 0 Å². The quantitative estimate of drug-likeness (QED) is 0.775. The molecule has 2 rings (SSSR count). The van der Waals surface area contributed by atoms with E-state index >= 15 is 0 Å². The van der Waals surface area contributed by atoms with Crippen molar-refractivity contribution in [2.24, 2.45) is 11.8 Å². The second kappa shape index (κ2) is 7.01. The van der Waals surface area contributed by atoms with Gasteiger partial charge in [0.05, 0.1) is 12.2 Å². The second-order valence-electron chi connectivity index (χ2n) is 7.66. The summed E-state index contributed by atoms with van der Waals surface area (Å²) in [6.07, 6.45) is 0.0180. The van der Waals surface area contributed by atoms with Crippen LogP contribution in [-0.4, -0.2) is 46.2 Å². The number of aliphatic hydroxyl groups excluding tert-OH is 2. The van der Waals surface area contributed by atoms with E-state index in [0.717, 1.165) is 6.42 Å². The van der Waals surface area contributed by atoms with Crippen molar-refractivity contribution in [1.82, 2.24) is 0 Å². The average Bonchev–Trinajstić information content (AvgIpc) is 2.43. The molecule has 5 nitrogen and oxygen atoms in total. The third kappa shape index (κ3) is 4.21. The Balaban J connectivity index is 2.20. The highest BCUT2D eigenvalue weighted by Crippen LogP contribution is 2.44. The molecule has 23 heavy (non-hydrogen) atoms. The Kier molecular flexibility index (Phi) is 5.67. The van der Waals surface area contributed by atoms with Gasteiger partial charge in [-0.05, 0) is 44.1 Å². The van der Waals surface area contributed by atoms with Crippen molar-refractivity contribution < 1.29 is 24.5 Å². The third-order valence-electron chi connectivity index (χ3n) is 4.95. The lowest BCUT2D eigenvalue weighted by Crippen LogP contribution is -2.56. The van der Waals surface area contributed by atoms with Crippen LogP contribution in [0.15, 0.2) is 12.2 Å². The summed E-state index contributed by atoms with van der Waals surface area (Å²) in [4.78, 5) is 11.5. The van der Waals surface area contributed by atoms with Crippen LogP contribution in [0.4, 0.5) is 0 Å². The van der Waals surface area contributed by atoms with E-state index in [9.17, 15) is 15.0 Å². The molecule has 0 aliphatic carbocycles. The number of carbonyl (C=O) groups excluding carboxylic acids is 1. The zero-order valence-electron chi connectivity index (χ0n) is 14.6. The average molecular weight is 326 g/mol. The van der Waals surface area contributed by atoms with Gasteiger partial charge in [0.15, 0.2) is 11.6 Å². The summed E-state index contributed by atoms with van der Waals surface area (Å²) in [6.45, 7) is 11.2. The number of rotatable bonds is 4. The molecule has 0 aromatic heterocycles. The molecule has 7 atom stereocenters. The third-order valence-corrected chi connectivity index (χ3v) is 4.95. The van der Waals surface area contributed by atoms with E-state index in [0.29, 0.717) is 30.8 Å². The molecule has 132 valence electrons. The standard InChI is InChI=1S/C18H30O5/c1-10(2)16(20)14-6-11(3)8-18(22-14)9-12(4)7-15(23-18)17(21)13(5)19/h11-12,14-17,20-21H,1,6-9H2,2-5H3/t11-,12+,14-,15-,16+,17?,18-/m0/s1. The van der Waals surface area contributed by atoms with E-state index in [1.807, 2.05) is 0 Å². The molecule has 2 aliphatic rings. The smallest absolute Gasteiger partial charge is 0.169 e. The molecule has 2 fully saturated rings. The van der Waals surface area contributed by atoms with E-state index in [2.05, 4.69) is 20.4 Å². The number of hydrogen-bond acceptors (Lipinski definition) is 5. The van der Waals surface area contributed by atoms with E-state index < -0.39 is 24.1 Å². The molecular weight excluding hydrogens is 296 g/mol. The first-order valence-corrected chi connectivity index (χ1v) is 8.51. The largest absolute Gasteiger partial charge is 0.386 e. The van der Waals surface area contributed by atoms with Crippen LogP contribution in [0.2, 0.25) is 0 Å².